The lowest BCUT2D eigenvalue weighted by molar-refractivity contribution is -0.166. The second kappa shape index (κ2) is 68.3. The van der Waals surface area contributed by atoms with Crippen molar-refractivity contribution in [3.63, 3.8) is 0 Å². The molecule has 1 atom stereocenters. The van der Waals surface area contributed by atoms with Crippen molar-refractivity contribution in [3.8, 4) is 0 Å². The highest BCUT2D eigenvalue weighted by molar-refractivity contribution is 5.71. The first-order valence-corrected chi connectivity index (χ1v) is 34.9. The largest absolute Gasteiger partial charge is 0.462 e. The molecule has 0 saturated heterocycles. The number of carbonyl (C=O) groups excluding carboxylic acids is 3. The quantitative estimate of drug-likeness (QED) is 0.0261. The third-order valence-electron chi connectivity index (χ3n) is 15.5. The molecule has 0 rings (SSSR count). The molecule has 0 aliphatic rings. The maximum absolute atomic E-state index is 12.9. The van der Waals surface area contributed by atoms with Crippen LogP contribution in [0.25, 0.3) is 0 Å². The van der Waals surface area contributed by atoms with Crippen LogP contribution in [0.3, 0.4) is 0 Å². The Labute approximate surface area is 497 Å². The van der Waals surface area contributed by atoms with E-state index in [-0.39, 0.29) is 37.5 Å². The lowest BCUT2D eigenvalue weighted by Crippen LogP contribution is -2.30. The normalized spacial score (nSPS) is 12.5. The zero-order valence-electron chi connectivity index (χ0n) is 53.3. The Morgan fingerprint density at radius 3 is 0.838 bits per heavy atom. The molecule has 0 spiro atoms. The van der Waals surface area contributed by atoms with Crippen LogP contribution in [0.5, 0.6) is 0 Å². The molecular weight excluding hydrogens is 985 g/mol. The highest BCUT2D eigenvalue weighted by Crippen LogP contribution is 2.18. The van der Waals surface area contributed by atoms with Gasteiger partial charge in [-0.1, -0.05) is 338 Å². The highest BCUT2D eigenvalue weighted by atomic mass is 16.6. The smallest absolute Gasteiger partial charge is 0.306 e. The van der Waals surface area contributed by atoms with Gasteiger partial charge in [-0.05, 0) is 77.0 Å². The van der Waals surface area contributed by atoms with Crippen molar-refractivity contribution in [2.45, 2.75) is 367 Å². The summed E-state index contributed by atoms with van der Waals surface area (Å²) in [4.78, 5) is 38.3. The summed E-state index contributed by atoms with van der Waals surface area (Å²) in [6, 6.07) is 0. The van der Waals surface area contributed by atoms with Crippen LogP contribution in [0, 0.1) is 0 Å². The van der Waals surface area contributed by atoms with Crippen molar-refractivity contribution >= 4 is 17.9 Å². The molecule has 0 saturated carbocycles. The number of ether oxygens (including phenoxy) is 3. The molecule has 0 amide bonds. The lowest BCUT2D eigenvalue weighted by atomic mass is 10.0. The molecule has 6 nitrogen and oxygen atoms in total. The van der Waals surface area contributed by atoms with E-state index >= 15 is 0 Å². The van der Waals surface area contributed by atoms with Gasteiger partial charge in [0.25, 0.3) is 0 Å². The SMILES string of the molecule is CC/C=C\C/C=C\C/C=C\C/C=C\CCC(=O)OCC(COC(=O)CCCCCCCCCCCCCCCCCCC/C=C\C/C=C\CCCCCCC)OC(=O)CCCCCCCCCCCCCCCCCCCCCC. The molecule has 1 unspecified atom stereocenters. The summed E-state index contributed by atoms with van der Waals surface area (Å²) in [7, 11) is 0. The van der Waals surface area contributed by atoms with Crippen molar-refractivity contribution < 1.29 is 28.6 Å². The van der Waals surface area contributed by atoms with Gasteiger partial charge in [-0.15, -0.1) is 0 Å². The molecule has 0 aromatic carbocycles. The van der Waals surface area contributed by atoms with Crippen molar-refractivity contribution in [1.82, 2.24) is 0 Å². The van der Waals surface area contributed by atoms with Crippen LogP contribution in [-0.4, -0.2) is 37.2 Å². The van der Waals surface area contributed by atoms with Gasteiger partial charge >= 0.3 is 17.9 Å². The van der Waals surface area contributed by atoms with E-state index in [0.29, 0.717) is 19.3 Å². The van der Waals surface area contributed by atoms with Crippen LogP contribution >= 0.6 is 0 Å². The topological polar surface area (TPSA) is 78.9 Å². The number of esters is 3. The molecule has 6 heteroatoms. The highest BCUT2D eigenvalue weighted by Gasteiger charge is 2.19. The molecule has 0 bridgehead atoms. The van der Waals surface area contributed by atoms with E-state index < -0.39 is 6.10 Å². The van der Waals surface area contributed by atoms with Gasteiger partial charge < -0.3 is 14.2 Å². The first-order valence-electron chi connectivity index (χ1n) is 34.9. The number of hydrogen-bond acceptors (Lipinski definition) is 6. The van der Waals surface area contributed by atoms with Gasteiger partial charge in [0.15, 0.2) is 6.10 Å². The Balaban J connectivity index is 4.23. The third kappa shape index (κ3) is 65.7. The second-order valence-corrected chi connectivity index (χ2v) is 23.4. The minimum absolute atomic E-state index is 0.0930. The first-order chi connectivity index (χ1) is 39.5. The second-order valence-electron chi connectivity index (χ2n) is 23.4. The summed E-state index contributed by atoms with van der Waals surface area (Å²) in [5, 5.41) is 0. The van der Waals surface area contributed by atoms with E-state index in [1.54, 1.807) is 0 Å². The first kappa shape index (κ1) is 76.9. The molecule has 0 heterocycles. The van der Waals surface area contributed by atoms with Gasteiger partial charge in [0.05, 0.1) is 0 Å². The van der Waals surface area contributed by atoms with Crippen molar-refractivity contribution in [1.29, 1.82) is 0 Å². The Morgan fingerprint density at radius 1 is 0.263 bits per heavy atom. The number of carbonyl (C=O) groups is 3. The van der Waals surface area contributed by atoms with Crippen molar-refractivity contribution in [2.75, 3.05) is 13.2 Å². The zero-order chi connectivity index (χ0) is 57.8. The Bertz CT molecular complexity index is 1470. The number of hydrogen-bond donors (Lipinski definition) is 0. The number of allylic oxidation sites excluding steroid dienone is 12. The fourth-order valence-corrected chi connectivity index (χ4v) is 10.3. The average molecular weight is 1120 g/mol. The molecule has 0 aromatic heterocycles. The van der Waals surface area contributed by atoms with Gasteiger partial charge in [-0.25, -0.2) is 0 Å². The van der Waals surface area contributed by atoms with E-state index in [2.05, 4.69) is 87.6 Å². The fraction of sp³-hybridized carbons (Fsp3) is 0.797. The summed E-state index contributed by atoms with van der Waals surface area (Å²) < 4.78 is 16.9. The van der Waals surface area contributed by atoms with Crippen molar-refractivity contribution in [3.05, 3.63) is 72.9 Å². The minimum Gasteiger partial charge on any atom is -0.462 e. The predicted octanol–water partition coefficient (Wildman–Crippen LogP) is 24.1. The maximum atomic E-state index is 12.9. The number of rotatable bonds is 64. The van der Waals surface area contributed by atoms with Gasteiger partial charge in [-0.3, -0.25) is 14.4 Å². The molecule has 80 heavy (non-hydrogen) atoms. The van der Waals surface area contributed by atoms with Gasteiger partial charge in [0.1, 0.15) is 13.2 Å². The molecule has 0 aliphatic carbocycles. The maximum Gasteiger partial charge on any atom is 0.306 e. The van der Waals surface area contributed by atoms with Gasteiger partial charge in [0, 0.05) is 19.3 Å². The van der Waals surface area contributed by atoms with Crippen LogP contribution in [-0.2, 0) is 28.6 Å². The van der Waals surface area contributed by atoms with Crippen LogP contribution in [0.2, 0.25) is 0 Å². The Morgan fingerprint density at radius 2 is 0.512 bits per heavy atom. The molecular formula is C74H132O6. The summed E-state index contributed by atoms with van der Waals surface area (Å²) in [6.45, 7) is 6.51. The van der Waals surface area contributed by atoms with Crippen LogP contribution in [0.15, 0.2) is 72.9 Å². The lowest BCUT2D eigenvalue weighted by Gasteiger charge is -2.18. The third-order valence-corrected chi connectivity index (χ3v) is 15.5. The Kier molecular flexibility index (Phi) is 65.7. The van der Waals surface area contributed by atoms with E-state index in [1.165, 1.54) is 244 Å². The molecule has 0 aliphatic heterocycles. The van der Waals surface area contributed by atoms with Gasteiger partial charge in [0.2, 0.25) is 0 Å². The van der Waals surface area contributed by atoms with Gasteiger partial charge in [-0.2, -0.15) is 0 Å². The average Bonchev–Trinajstić information content (AvgIpc) is 3.46. The summed E-state index contributed by atoms with van der Waals surface area (Å²) in [6.07, 6.45) is 89.6. The van der Waals surface area contributed by atoms with Crippen LogP contribution in [0.4, 0.5) is 0 Å². The summed E-state index contributed by atoms with van der Waals surface area (Å²) in [5.74, 6) is -0.957. The standard InChI is InChI=1S/C74H132O6/c1-4-7-10-13-16-19-22-25-27-29-31-33-34-35-36-37-38-39-40-41-43-44-46-49-52-55-58-61-64-67-73(76)79-70-71(69-78-72(75)66-63-60-57-54-51-48-24-21-18-15-12-9-6-3)80-74(77)68-65-62-59-56-53-50-47-45-42-32-30-28-26-23-20-17-14-11-8-5-2/h9,12,18,21-22,25,29,31,48,51,57,60,71H,4-8,10-11,13-17,19-20,23-24,26-28,30,32-47,49-50,52-56,58-59,61-70H2,1-3H3/b12-9-,21-18-,25-22-,31-29-,51-48-,60-57-. The monoisotopic (exact) mass is 1120 g/mol. The molecule has 0 fully saturated rings. The molecule has 464 valence electrons. The Hall–Kier alpha value is -3.15. The zero-order valence-corrected chi connectivity index (χ0v) is 53.3. The number of unbranched alkanes of at least 4 members (excludes halogenated alkanes) is 41. The molecule has 0 radical (unpaired) electrons. The summed E-state index contributed by atoms with van der Waals surface area (Å²) >= 11 is 0. The van der Waals surface area contributed by atoms with Crippen molar-refractivity contribution in [2.24, 2.45) is 0 Å². The van der Waals surface area contributed by atoms with Crippen LogP contribution in [0.1, 0.15) is 361 Å². The summed E-state index contributed by atoms with van der Waals surface area (Å²) in [5.41, 5.74) is 0. The van der Waals surface area contributed by atoms with E-state index in [1.807, 2.05) is 6.08 Å². The van der Waals surface area contributed by atoms with E-state index in [4.69, 9.17) is 14.2 Å². The minimum atomic E-state index is -0.803. The molecule has 0 N–H and O–H groups in total. The van der Waals surface area contributed by atoms with E-state index in [9.17, 15) is 14.4 Å². The fourth-order valence-electron chi connectivity index (χ4n) is 10.3. The predicted molar refractivity (Wildman–Crippen MR) is 348 cm³/mol. The molecule has 0 aromatic rings. The van der Waals surface area contributed by atoms with Crippen LogP contribution < -0.4 is 0 Å². The van der Waals surface area contributed by atoms with E-state index in [0.717, 1.165) is 70.6 Å².